The monoisotopic (exact) mass is 545 g/mol. The van der Waals surface area contributed by atoms with Crippen LogP contribution in [0.5, 0.6) is 0 Å². The molecule has 0 unspecified atom stereocenters. The molecule has 1 atom stereocenters. The van der Waals surface area contributed by atoms with Crippen LogP contribution < -0.4 is 19.7 Å². The molecule has 2 aromatic heterocycles. The molecule has 0 aliphatic rings. The normalized spacial score (nSPS) is 12.1. The van der Waals surface area contributed by atoms with E-state index in [1.807, 2.05) is 17.5 Å². The van der Waals surface area contributed by atoms with Crippen LogP contribution in [0.3, 0.4) is 0 Å². The highest BCUT2D eigenvalue weighted by molar-refractivity contribution is 7.91. The summed E-state index contributed by atoms with van der Waals surface area (Å²) in [5.41, 5.74) is 0.602. The third kappa shape index (κ3) is 6.77. The van der Waals surface area contributed by atoms with Crippen LogP contribution in [0.15, 0.2) is 72.2 Å². The molecule has 3 N–H and O–H groups in total. The van der Waals surface area contributed by atoms with Crippen molar-refractivity contribution in [2.45, 2.75) is 12.5 Å². The minimum atomic E-state index is -4.40. The topological polar surface area (TPSA) is 121 Å². The number of nitrogens with one attached hydrogen (secondary N) is 3. The van der Waals surface area contributed by atoms with Crippen molar-refractivity contribution in [2.24, 2.45) is 0 Å². The molecule has 0 fully saturated rings. The summed E-state index contributed by atoms with van der Waals surface area (Å²) in [6.45, 7) is 0. The molecule has 0 aliphatic carbocycles. The number of nitrogens with zero attached hydrogens (tertiary/aromatic N) is 2. The summed E-state index contributed by atoms with van der Waals surface area (Å²) in [4.78, 5) is 31.1. The zero-order valence-electron chi connectivity index (χ0n) is 19.3. The van der Waals surface area contributed by atoms with Gasteiger partial charge in [-0.15, -0.1) is 11.3 Å². The van der Waals surface area contributed by atoms with Gasteiger partial charge in [-0.1, -0.05) is 6.07 Å². The third-order valence-corrected chi connectivity index (χ3v) is 7.08. The van der Waals surface area contributed by atoms with E-state index in [9.17, 15) is 26.8 Å². The van der Waals surface area contributed by atoms with Crippen LogP contribution in [-0.4, -0.2) is 38.4 Å². The number of thiophene rings is 1. The highest BCUT2D eigenvalue weighted by Gasteiger charge is 2.27. The maximum atomic E-state index is 13.8. The lowest BCUT2D eigenvalue weighted by Gasteiger charge is -2.25. The summed E-state index contributed by atoms with van der Waals surface area (Å²) in [6.07, 6.45) is 1.05. The fourth-order valence-corrected chi connectivity index (χ4v) is 5.11. The zero-order valence-corrected chi connectivity index (χ0v) is 20.9. The lowest BCUT2D eigenvalue weighted by Crippen LogP contribution is -2.53. The largest absolute Gasteiger partial charge is 0.330 e. The van der Waals surface area contributed by atoms with Gasteiger partial charge < -0.3 is 10.2 Å². The Kier molecular flexibility index (Phi) is 7.64. The summed E-state index contributed by atoms with van der Waals surface area (Å²) < 4.78 is 57.1. The predicted molar refractivity (Wildman–Crippen MR) is 138 cm³/mol. The number of amides is 3. The molecule has 3 amide bonds. The Labute approximate surface area is 215 Å². The lowest BCUT2D eigenvalue weighted by atomic mass is 10.0. The van der Waals surface area contributed by atoms with Gasteiger partial charge in [0.1, 0.15) is 23.5 Å². The van der Waals surface area contributed by atoms with Gasteiger partial charge in [-0.3, -0.25) is 9.52 Å². The number of anilines is 2. The lowest BCUT2D eigenvalue weighted by molar-refractivity contribution is -0.120. The number of fused-ring (bicyclic) bond motifs is 1. The van der Waals surface area contributed by atoms with Crippen molar-refractivity contribution in [3.05, 3.63) is 89.4 Å². The van der Waals surface area contributed by atoms with E-state index in [2.05, 4.69) is 15.0 Å². The molecule has 4 aromatic rings. The Bertz CT molecular complexity index is 1530. The van der Waals surface area contributed by atoms with E-state index in [0.717, 1.165) is 22.2 Å². The first-order chi connectivity index (χ1) is 17.6. The van der Waals surface area contributed by atoms with Crippen molar-refractivity contribution in [1.82, 2.24) is 15.0 Å². The predicted octanol–water partition coefficient (Wildman–Crippen LogP) is 3.80. The average molecular weight is 546 g/mol. The van der Waals surface area contributed by atoms with E-state index in [1.54, 1.807) is 29.0 Å². The number of hydrogen-bond donors (Lipinski definition) is 3. The average Bonchev–Trinajstić information content (AvgIpc) is 3.30. The smallest absolute Gasteiger partial charge is 0.325 e. The summed E-state index contributed by atoms with van der Waals surface area (Å²) in [6, 6.07) is 11.9. The molecule has 37 heavy (non-hydrogen) atoms. The SMILES string of the molecule is CN(C(=O)[C@H](Cc1cc(F)cc(F)c1)NC(=O)NS(=O)(=O)Nc1ccccn1)c1ccc2sccc2c1. The Hall–Kier alpha value is -4.10. The Morgan fingerprint density at radius 2 is 1.81 bits per heavy atom. The first kappa shape index (κ1) is 26.0. The second-order valence-electron chi connectivity index (χ2n) is 7.97. The molecule has 4 rings (SSSR count). The van der Waals surface area contributed by atoms with Crippen molar-refractivity contribution in [2.75, 3.05) is 16.7 Å². The summed E-state index contributed by atoms with van der Waals surface area (Å²) >= 11 is 1.53. The van der Waals surface area contributed by atoms with Gasteiger partial charge in [-0.2, -0.15) is 8.42 Å². The van der Waals surface area contributed by atoms with Gasteiger partial charge in [0.05, 0.1) is 0 Å². The van der Waals surface area contributed by atoms with Crippen molar-refractivity contribution in [3.8, 4) is 0 Å². The highest BCUT2D eigenvalue weighted by atomic mass is 32.2. The van der Waals surface area contributed by atoms with Crippen LogP contribution in [0.25, 0.3) is 10.1 Å². The molecule has 0 saturated carbocycles. The molecule has 0 spiro atoms. The van der Waals surface area contributed by atoms with Gasteiger partial charge in [0.2, 0.25) is 5.91 Å². The molecule has 0 bridgehead atoms. The van der Waals surface area contributed by atoms with Crippen LogP contribution in [0.2, 0.25) is 0 Å². The number of aromatic nitrogens is 1. The highest BCUT2D eigenvalue weighted by Crippen LogP contribution is 2.26. The number of hydrogen-bond acceptors (Lipinski definition) is 6. The van der Waals surface area contributed by atoms with E-state index >= 15 is 0 Å². The minimum Gasteiger partial charge on any atom is -0.325 e. The van der Waals surface area contributed by atoms with Gasteiger partial charge >= 0.3 is 16.2 Å². The summed E-state index contributed by atoms with van der Waals surface area (Å²) in [7, 11) is -2.92. The molecule has 2 aromatic carbocycles. The molecule has 13 heteroatoms. The van der Waals surface area contributed by atoms with Crippen LogP contribution in [0.4, 0.5) is 25.1 Å². The van der Waals surface area contributed by atoms with E-state index in [0.29, 0.717) is 11.8 Å². The fourth-order valence-electron chi connectivity index (χ4n) is 3.58. The quantitative estimate of drug-likeness (QED) is 0.311. The van der Waals surface area contributed by atoms with Gasteiger partial charge in [-0.05, 0) is 64.9 Å². The van der Waals surface area contributed by atoms with Crippen molar-refractivity contribution in [3.63, 3.8) is 0 Å². The molecule has 192 valence electrons. The molecule has 0 aliphatic heterocycles. The fraction of sp³-hybridized carbons (Fsp3) is 0.125. The van der Waals surface area contributed by atoms with Gasteiger partial charge in [0, 0.05) is 36.1 Å². The standard InChI is InChI=1S/C24H21F2N5O4S2/c1-31(19-5-6-21-16(13-19)7-9-36-21)23(32)20(12-15-10-17(25)14-18(26)11-15)28-24(33)30-37(34,35)29-22-4-2-3-8-27-22/h2-11,13-14,20H,12H2,1H3,(H,27,29)(H2,28,30,33)/t20-/m0/s1. The van der Waals surface area contributed by atoms with E-state index in [4.69, 9.17) is 0 Å². The number of carbonyl (C=O) groups is 2. The van der Waals surface area contributed by atoms with E-state index in [-0.39, 0.29) is 17.8 Å². The molecule has 0 saturated heterocycles. The Balaban J connectivity index is 1.55. The second kappa shape index (κ2) is 10.9. The van der Waals surface area contributed by atoms with Gasteiger partial charge in [-0.25, -0.2) is 23.3 Å². The summed E-state index contributed by atoms with van der Waals surface area (Å²) in [5.74, 6) is -2.38. The first-order valence-electron chi connectivity index (χ1n) is 10.8. The van der Waals surface area contributed by atoms with Gasteiger partial charge in [0.25, 0.3) is 0 Å². The molecule has 9 nitrogen and oxygen atoms in total. The van der Waals surface area contributed by atoms with E-state index in [1.165, 1.54) is 35.5 Å². The van der Waals surface area contributed by atoms with Crippen molar-refractivity contribution >= 4 is 55.1 Å². The Morgan fingerprint density at radius 1 is 1.05 bits per heavy atom. The minimum absolute atomic E-state index is 0.0331. The molecule has 0 radical (unpaired) electrons. The molecule has 2 heterocycles. The summed E-state index contributed by atoms with van der Waals surface area (Å²) in [5, 5.41) is 5.12. The first-order valence-corrected chi connectivity index (χ1v) is 13.2. The van der Waals surface area contributed by atoms with Crippen LogP contribution in [0, 0.1) is 11.6 Å². The van der Waals surface area contributed by atoms with Crippen LogP contribution >= 0.6 is 11.3 Å². The maximum absolute atomic E-state index is 13.8. The number of likely N-dealkylation sites (N-methyl/N-ethyl adjacent to an activating group) is 1. The molecular formula is C24H21F2N5O4S2. The van der Waals surface area contributed by atoms with Crippen molar-refractivity contribution < 1.29 is 26.8 Å². The van der Waals surface area contributed by atoms with Crippen LogP contribution in [0.1, 0.15) is 5.56 Å². The third-order valence-electron chi connectivity index (χ3n) is 5.25. The number of halogens is 2. The zero-order chi connectivity index (χ0) is 26.6. The van der Waals surface area contributed by atoms with E-state index < -0.39 is 39.8 Å². The number of urea groups is 1. The maximum Gasteiger partial charge on any atom is 0.330 e. The second-order valence-corrected chi connectivity index (χ2v) is 10.3. The van der Waals surface area contributed by atoms with Crippen molar-refractivity contribution in [1.29, 1.82) is 0 Å². The number of rotatable bonds is 8. The number of pyridine rings is 1. The number of benzene rings is 2. The van der Waals surface area contributed by atoms with Crippen LogP contribution in [-0.2, 0) is 21.4 Å². The molecular weight excluding hydrogens is 524 g/mol. The number of carbonyl (C=O) groups excluding carboxylic acids is 2. The Morgan fingerprint density at radius 3 is 2.51 bits per heavy atom. The van der Waals surface area contributed by atoms with Gasteiger partial charge in [0.15, 0.2) is 0 Å².